The molecule has 1 saturated heterocycles. The van der Waals surface area contributed by atoms with Gasteiger partial charge in [-0.25, -0.2) is 0 Å². The van der Waals surface area contributed by atoms with E-state index < -0.39 is 30.7 Å². The molecule has 5 aromatic rings. The number of hydrogen-bond donors (Lipinski definition) is 0. The molecule has 6 rings (SSSR count). The van der Waals surface area contributed by atoms with Crippen LogP contribution in [0.25, 0.3) is 0 Å². The van der Waals surface area contributed by atoms with E-state index in [4.69, 9.17) is 28.4 Å². The van der Waals surface area contributed by atoms with Gasteiger partial charge in [-0.1, -0.05) is 152 Å². The molecule has 242 valence electrons. The molecule has 0 radical (unpaired) electrons. The summed E-state index contributed by atoms with van der Waals surface area (Å²) in [5, 5.41) is 0. The fourth-order valence-corrected chi connectivity index (χ4v) is 5.69. The van der Waals surface area contributed by atoms with Crippen LogP contribution in [0.2, 0.25) is 0 Å². The van der Waals surface area contributed by atoms with Crippen molar-refractivity contribution >= 4 is 0 Å². The zero-order valence-corrected chi connectivity index (χ0v) is 26.5. The molecule has 0 spiro atoms. The molecule has 4 atom stereocenters. The molecular weight excluding hydrogens is 588 g/mol. The van der Waals surface area contributed by atoms with Crippen LogP contribution in [0.15, 0.2) is 152 Å². The predicted molar refractivity (Wildman–Crippen MR) is 181 cm³/mol. The Bertz CT molecular complexity index is 1510. The van der Waals surface area contributed by atoms with E-state index in [1.165, 1.54) is 0 Å². The lowest BCUT2D eigenvalue weighted by molar-refractivity contribution is -0.244. The SMILES string of the molecule is c1ccc(COC[C@H]2O[C@H](OCc3ccccc3)[C@H](C(OCc3ccccc3)OCc3ccccc3)[C@H]2OCc2ccccc2)cc1. The number of ether oxygens (including phenoxy) is 6. The van der Waals surface area contributed by atoms with Crippen molar-refractivity contribution in [3.8, 4) is 0 Å². The summed E-state index contributed by atoms with van der Waals surface area (Å²) in [6.45, 7) is 2.28. The molecule has 0 amide bonds. The van der Waals surface area contributed by atoms with Crippen molar-refractivity contribution in [1.29, 1.82) is 0 Å². The minimum absolute atomic E-state index is 0.320. The van der Waals surface area contributed by atoms with Crippen LogP contribution in [0.4, 0.5) is 0 Å². The third-order valence-electron chi connectivity index (χ3n) is 8.13. The summed E-state index contributed by atoms with van der Waals surface area (Å²) in [5.41, 5.74) is 5.30. The van der Waals surface area contributed by atoms with Gasteiger partial charge in [0.1, 0.15) is 6.10 Å². The second-order valence-corrected chi connectivity index (χ2v) is 11.6. The van der Waals surface area contributed by atoms with Crippen LogP contribution in [-0.4, -0.2) is 31.4 Å². The molecule has 0 unspecified atom stereocenters. The topological polar surface area (TPSA) is 55.4 Å². The lowest BCUT2D eigenvalue weighted by Gasteiger charge is -2.31. The minimum atomic E-state index is -0.698. The summed E-state index contributed by atoms with van der Waals surface area (Å²) in [5.74, 6) is -0.417. The Labute approximate surface area is 277 Å². The number of benzene rings is 5. The maximum absolute atomic E-state index is 6.74. The molecule has 1 aliphatic rings. The molecule has 5 aromatic carbocycles. The normalized spacial score (nSPS) is 19.3. The van der Waals surface area contributed by atoms with Gasteiger partial charge in [0.25, 0.3) is 0 Å². The highest BCUT2D eigenvalue weighted by molar-refractivity contribution is 5.17. The highest BCUT2D eigenvalue weighted by Crippen LogP contribution is 2.37. The lowest BCUT2D eigenvalue weighted by Crippen LogP contribution is -2.43. The number of hydrogen-bond acceptors (Lipinski definition) is 6. The molecule has 0 saturated carbocycles. The van der Waals surface area contributed by atoms with Crippen LogP contribution in [0.3, 0.4) is 0 Å². The van der Waals surface area contributed by atoms with Crippen molar-refractivity contribution in [2.45, 2.75) is 57.8 Å². The molecule has 0 aliphatic carbocycles. The summed E-state index contributed by atoms with van der Waals surface area (Å²) in [6, 6.07) is 50.6. The first-order chi connectivity index (χ1) is 23.3. The highest BCUT2D eigenvalue weighted by atomic mass is 16.7. The smallest absolute Gasteiger partial charge is 0.168 e. The van der Waals surface area contributed by atoms with E-state index in [1.807, 2.05) is 127 Å². The van der Waals surface area contributed by atoms with Crippen molar-refractivity contribution in [3.63, 3.8) is 0 Å². The molecular formula is C41H42O6. The van der Waals surface area contributed by atoms with Crippen LogP contribution in [-0.2, 0) is 61.5 Å². The van der Waals surface area contributed by atoms with E-state index in [2.05, 4.69) is 24.3 Å². The summed E-state index contributed by atoms with van der Waals surface area (Å²) in [7, 11) is 0. The van der Waals surface area contributed by atoms with Gasteiger partial charge in [0.05, 0.1) is 51.7 Å². The van der Waals surface area contributed by atoms with Gasteiger partial charge in [-0.05, 0) is 27.8 Å². The molecule has 1 heterocycles. The largest absolute Gasteiger partial charge is 0.374 e. The van der Waals surface area contributed by atoms with Gasteiger partial charge < -0.3 is 28.4 Å². The standard InChI is InChI=1S/C41H42O6/c1-6-16-32(17-7-1)26-42-31-37-39(43-27-33-18-8-2-9-19-33)38(41(47-37)46-30-36-24-14-5-15-25-36)40(44-28-34-20-10-3-11-21-34)45-29-35-22-12-4-13-23-35/h1-25,37-41H,26-31H2/t37-,38+,39+,41+/m1/s1. The Morgan fingerprint density at radius 2 is 0.830 bits per heavy atom. The maximum Gasteiger partial charge on any atom is 0.168 e. The second kappa shape index (κ2) is 17.7. The van der Waals surface area contributed by atoms with E-state index in [-0.39, 0.29) is 0 Å². The van der Waals surface area contributed by atoms with Crippen molar-refractivity contribution in [2.75, 3.05) is 6.61 Å². The summed E-state index contributed by atoms with van der Waals surface area (Å²) in [6.07, 6.45) is -2.23. The van der Waals surface area contributed by atoms with Gasteiger partial charge >= 0.3 is 0 Å². The zero-order valence-electron chi connectivity index (χ0n) is 26.5. The zero-order chi connectivity index (χ0) is 31.9. The first kappa shape index (κ1) is 32.8. The maximum atomic E-state index is 6.74. The monoisotopic (exact) mass is 630 g/mol. The highest BCUT2D eigenvalue weighted by Gasteiger charge is 2.51. The van der Waals surface area contributed by atoms with Crippen molar-refractivity contribution in [1.82, 2.24) is 0 Å². The lowest BCUT2D eigenvalue weighted by atomic mass is 9.99. The van der Waals surface area contributed by atoms with Crippen LogP contribution in [0.1, 0.15) is 27.8 Å². The average molecular weight is 631 g/mol. The second-order valence-electron chi connectivity index (χ2n) is 11.6. The Morgan fingerprint density at radius 3 is 1.28 bits per heavy atom. The third-order valence-corrected chi connectivity index (χ3v) is 8.13. The average Bonchev–Trinajstić information content (AvgIpc) is 3.48. The summed E-state index contributed by atoms with van der Waals surface area (Å²) >= 11 is 0. The number of rotatable bonds is 17. The molecule has 0 N–H and O–H groups in total. The first-order valence-electron chi connectivity index (χ1n) is 16.2. The van der Waals surface area contributed by atoms with Gasteiger partial charge in [-0.2, -0.15) is 0 Å². The fourth-order valence-electron chi connectivity index (χ4n) is 5.69. The van der Waals surface area contributed by atoms with E-state index in [0.717, 1.165) is 27.8 Å². The molecule has 1 fully saturated rings. The fraction of sp³-hybridized carbons (Fsp3) is 0.268. The molecule has 6 nitrogen and oxygen atoms in total. The van der Waals surface area contributed by atoms with Crippen LogP contribution >= 0.6 is 0 Å². The summed E-state index contributed by atoms with van der Waals surface area (Å²) < 4.78 is 39.4. The Balaban J connectivity index is 1.28. The van der Waals surface area contributed by atoms with Crippen LogP contribution in [0.5, 0.6) is 0 Å². The van der Waals surface area contributed by atoms with Gasteiger partial charge in [-0.3, -0.25) is 0 Å². The van der Waals surface area contributed by atoms with E-state index in [0.29, 0.717) is 39.6 Å². The van der Waals surface area contributed by atoms with Gasteiger partial charge in [0, 0.05) is 0 Å². The Kier molecular flexibility index (Phi) is 12.3. The molecule has 1 aliphatic heterocycles. The molecule has 0 bridgehead atoms. The van der Waals surface area contributed by atoms with E-state index in [9.17, 15) is 0 Å². The quantitative estimate of drug-likeness (QED) is 0.0968. The first-order valence-corrected chi connectivity index (χ1v) is 16.2. The van der Waals surface area contributed by atoms with Gasteiger partial charge in [0.2, 0.25) is 0 Å². The van der Waals surface area contributed by atoms with Crippen LogP contribution < -0.4 is 0 Å². The predicted octanol–water partition coefficient (Wildman–Crippen LogP) is 8.11. The Hall–Kier alpha value is -4.14. The van der Waals surface area contributed by atoms with Gasteiger partial charge in [-0.15, -0.1) is 0 Å². The van der Waals surface area contributed by atoms with Crippen LogP contribution in [0, 0.1) is 5.92 Å². The van der Waals surface area contributed by atoms with Gasteiger partial charge in [0.15, 0.2) is 12.6 Å². The van der Waals surface area contributed by atoms with Crippen molar-refractivity contribution < 1.29 is 28.4 Å². The third kappa shape index (κ3) is 9.92. The minimum Gasteiger partial charge on any atom is -0.374 e. The summed E-state index contributed by atoms with van der Waals surface area (Å²) in [4.78, 5) is 0. The van der Waals surface area contributed by atoms with Crippen molar-refractivity contribution in [3.05, 3.63) is 179 Å². The molecule has 6 heteroatoms. The molecule has 47 heavy (non-hydrogen) atoms. The van der Waals surface area contributed by atoms with Crippen molar-refractivity contribution in [2.24, 2.45) is 5.92 Å². The van der Waals surface area contributed by atoms with E-state index >= 15 is 0 Å². The molecule has 0 aromatic heterocycles. The van der Waals surface area contributed by atoms with E-state index in [1.54, 1.807) is 0 Å². The Morgan fingerprint density at radius 1 is 0.447 bits per heavy atom.